The van der Waals surface area contributed by atoms with Gasteiger partial charge in [0.15, 0.2) is 15.8 Å². The molecule has 1 fully saturated rings. The van der Waals surface area contributed by atoms with Crippen molar-refractivity contribution in [2.75, 3.05) is 12.0 Å². The van der Waals surface area contributed by atoms with Crippen molar-refractivity contribution in [2.45, 2.75) is 30.0 Å². The number of amides is 1. The van der Waals surface area contributed by atoms with Crippen molar-refractivity contribution in [1.29, 1.82) is 0 Å². The van der Waals surface area contributed by atoms with Crippen LogP contribution >= 0.6 is 23.1 Å². The molecule has 1 amide bonds. The lowest BCUT2D eigenvalue weighted by molar-refractivity contribution is -0.132. The molecule has 2 N–H and O–H groups in total. The number of hydrogen-bond donors (Lipinski definition) is 2. The molecule has 0 radical (unpaired) electrons. The number of aromatic nitrogens is 2. The molecular weight excluding hydrogens is 534 g/mol. The number of carbonyl (C=O) groups is 2. The highest BCUT2D eigenvalue weighted by Gasteiger charge is 2.48. The van der Waals surface area contributed by atoms with E-state index in [4.69, 9.17) is 4.74 Å². The number of aliphatic hydroxyl groups excluding tert-OH is 1. The Labute approximate surface area is 233 Å². The van der Waals surface area contributed by atoms with E-state index in [-0.39, 0.29) is 28.0 Å². The Kier molecular flexibility index (Phi) is 7.40. The number of carbonyl (C=O) groups excluding carboxylic acids is 2. The number of rotatable bonds is 7. The van der Waals surface area contributed by atoms with Crippen LogP contribution in [0.25, 0.3) is 5.76 Å². The lowest BCUT2D eigenvalue weighted by Crippen LogP contribution is -2.29. The fourth-order valence-corrected chi connectivity index (χ4v) is 6.09. The van der Waals surface area contributed by atoms with E-state index in [1.807, 2.05) is 50.2 Å². The minimum Gasteiger partial charge on any atom is -0.507 e. The maximum absolute atomic E-state index is 13.4. The quantitative estimate of drug-likeness (QED) is 0.0962. The first kappa shape index (κ1) is 26.5. The zero-order valence-corrected chi connectivity index (χ0v) is 23.0. The third-order valence-corrected chi connectivity index (χ3v) is 8.50. The normalized spacial score (nSPS) is 16.6. The summed E-state index contributed by atoms with van der Waals surface area (Å²) in [4.78, 5) is 28.0. The number of aromatic hydroxyl groups is 1. The van der Waals surface area contributed by atoms with Gasteiger partial charge in [-0.2, -0.15) is 0 Å². The summed E-state index contributed by atoms with van der Waals surface area (Å²) in [6.07, 6.45) is 0. The summed E-state index contributed by atoms with van der Waals surface area (Å²) >= 11 is 2.67. The SMILES string of the molecule is COc1cc(C2/C(=C(/O)c3ccc(C)cc3)C(=O)C(=O)N2c2nnc(SCc3ccc(C)cc3)s2)ccc1O. The van der Waals surface area contributed by atoms with Gasteiger partial charge in [0.25, 0.3) is 5.78 Å². The molecule has 0 saturated carbocycles. The molecular formula is C29H25N3O5S2. The number of Topliss-reactive ketones (excluding diaryl/α,β-unsaturated/α-hetero) is 1. The molecule has 1 aliphatic rings. The Morgan fingerprint density at radius 2 is 1.67 bits per heavy atom. The molecule has 1 saturated heterocycles. The van der Waals surface area contributed by atoms with Crippen molar-refractivity contribution in [1.82, 2.24) is 10.2 Å². The Morgan fingerprint density at radius 3 is 2.33 bits per heavy atom. The van der Waals surface area contributed by atoms with Crippen molar-refractivity contribution in [3.05, 3.63) is 100 Å². The highest BCUT2D eigenvalue weighted by molar-refractivity contribution is 8.00. The van der Waals surface area contributed by atoms with Crippen molar-refractivity contribution < 1.29 is 24.5 Å². The fourth-order valence-electron chi connectivity index (χ4n) is 4.26. The molecule has 2 heterocycles. The number of ether oxygens (including phenoxy) is 1. The number of thioether (sulfide) groups is 1. The van der Waals surface area contributed by atoms with Gasteiger partial charge in [-0.15, -0.1) is 10.2 Å². The van der Waals surface area contributed by atoms with Crippen LogP contribution in [0.15, 0.2) is 76.6 Å². The van der Waals surface area contributed by atoms with Crippen LogP contribution in [-0.4, -0.2) is 39.2 Å². The molecule has 1 atom stereocenters. The van der Waals surface area contributed by atoms with Crippen LogP contribution in [0.3, 0.4) is 0 Å². The standard InChI is InChI=1S/C29H25N3O5S2/c1-16-4-8-18(9-5-16)15-38-29-31-30-28(39-29)32-24(20-12-13-21(33)22(14-20)37-3)23(26(35)27(32)36)25(34)19-10-6-17(2)7-11-19/h4-14,24,33-34H,15H2,1-3H3/b25-23-. The number of anilines is 1. The molecule has 4 aromatic rings. The zero-order valence-electron chi connectivity index (χ0n) is 21.4. The van der Waals surface area contributed by atoms with Crippen LogP contribution in [0.4, 0.5) is 5.13 Å². The van der Waals surface area contributed by atoms with Gasteiger partial charge in [-0.05, 0) is 37.1 Å². The highest BCUT2D eigenvalue weighted by atomic mass is 32.2. The van der Waals surface area contributed by atoms with Crippen LogP contribution in [0.2, 0.25) is 0 Å². The van der Waals surface area contributed by atoms with Gasteiger partial charge in [0, 0.05) is 11.3 Å². The Morgan fingerprint density at radius 1 is 1.00 bits per heavy atom. The minimum absolute atomic E-state index is 0.0827. The lowest BCUT2D eigenvalue weighted by atomic mass is 9.95. The molecule has 1 aromatic heterocycles. The van der Waals surface area contributed by atoms with Crippen LogP contribution in [0.5, 0.6) is 11.5 Å². The van der Waals surface area contributed by atoms with E-state index in [0.29, 0.717) is 21.2 Å². The number of hydrogen-bond acceptors (Lipinski definition) is 9. The number of ketones is 1. The largest absolute Gasteiger partial charge is 0.507 e. The number of phenols is 1. The topological polar surface area (TPSA) is 113 Å². The maximum atomic E-state index is 13.4. The number of methoxy groups -OCH3 is 1. The molecule has 1 unspecified atom stereocenters. The van der Waals surface area contributed by atoms with Crippen molar-refractivity contribution in [2.24, 2.45) is 0 Å². The highest BCUT2D eigenvalue weighted by Crippen LogP contribution is 2.45. The van der Waals surface area contributed by atoms with Crippen LogP contribution in [-0.2, 0) is 15.3 Å². The van der Waals surface area contributed by atoms with Gasteiger partial charge < -0.3 is 14.9 Å². The second-order valence-corrected chi connectivity index (χ2v) is 11.3. The first-order valence-corrected chi connectivity index (χ1v) is 13.8. The first-order valence-electron chi connectivity index (χ1n) is 12.0. The number of phenolic OH excluding ortho intramolecular Hbond substituents is 1. The maximum Gasteiger partial charge on any atom is 0.301 e. The van der Waals surface area contributed by atoms with E-state index >= 15 is 0 Å². The van der Waals surface area contributed by atoms with Gasteiger partial charge in [0.2, 0.25) is 5.13 Å². The minimum atomic E-state index is -1.01. The molecule has 0 spiro atoms. The molecule has 3 aromatic carbocycles. The van der Waals surface area contributed by atoms with Gasteiger partial charge >= 0.3 is 5.91 Å². The van der Waals surface area contributed by atoms with Crippen molar-refractivity contribution in [3.8, 4) is 11.5 Å². The summed E-state index contributed by atoms with van der Waals surface area (Å²) in [5, 5.41) is 30.1. The number of benzene rings is 3. The summed E-state index contributed by atoms with van der Waals surface area (Å²) < 4.78 is 5.91. The van der Waals surface area contributed by atoms with Crippen LogP contribution in [0, 0.1) is 13.8 Å². The average Bonchev–Trinajstić information content (AvgIpc) is 3.50. The van der Waals surface area contributed by atoms with E-state index in [1.54, 1.807) is 18.2 Å². The fraction of sp³-hybridized carbons (Fsp3) is 0.172. The number of aryl methyl sites for hydroxylation is 2. The Hall–Kier alpha value is -4.15. The van der Waals surface area contributed by atoms with Crippen molar-refractivity contribution >= 4 is 45.7 Å². The van der Waals surface area contributed by atoms with E-state index < -0.39 is 17.7 Å². The summed E-state index contributed by atoms with van der Waals surface area (Å²) in [6, 6.07) is 18.7. The van der Waals surface area contributed by atoms with E-state index in [1.165, 1.54) is 52.8 Å². The molecule has 39 heavy (non-hydrogen) atoms. The van der Waals surface area contributed by atoms with E-state index in [0.717, 1.165) is 11.1 Å². The molecule has 0 aliphatic carbocycles. The molecule has 198 valence electrons. The zero-order chi connectivity index (χ0) is 27.7. The van der Waals surface area contributed by atoms with Crippen LogP contribution < -0.4 is 9.64 Å². The molecule has 0 bridgehead atoms. The average molecular weight is 560 g/mol. The first-order chi connectivity index (χ1) is 18.8. The van der Waals surface area contributed by atoms with Gasteiger partial charge in [-0.25, -0.2) is 0 Å². The van der Waals surface area contributed by atoms with Gasteiger partial charge in [-0.3, -0.25) is 14.5 Å². The number of aliphatic hydroxyl groups is 1. The summed E-state index contributed by atoms with van der Waals surface area (Å²) in [6.45, 7) is 3.94. The third-order valence-electron chi connectivity index (χ3n) is 6.37. The lowest BCUT2D eigenvalue weighted by Gasteiger charge is -2.23. The summed E-state index contributed by atoms with van der Waals surface area (Å²) in [7, 11) is 1.41. The predicted molar refractivity (Wildman–Crippen MR) is 151 cm³/mol. The van der Waals surface area contributed by atoms with Crippen molar-refractivity contribution in [3.63, 3.8) is 0 Å². The third kappa shape index (κ3) is 5.25. The molecule has 1 aliphatic heterocycles. The van der Waals surface area contributed by atoms with Crippen LogP contribution in [0.1, 0.15) is 33.9 Å². The monoisotopic (exact) mass is 559 g/mol. The summed E-state index contributed by atoms with van der Waals surface area (Å²) in [5.74, 6) is -1.23. The predicted octanol–water partition coefficient (Wildman–Crippen LogP) is 5.79. The second-order valence-electron chi connectivity index (χ2n) is 9.09. The van der Waals surface area contributed by atoms with Gasteiger partial charge in [0.1, 0.15) is 5.76 Å². The Bertz CT molecular complexity index is 1580. The summed E-state index contributed by atoms with van der Waals surface area (Å²) in [5.41, 5.74) is 4.06. The molecule has 5 rings (SSSR count). The van der Waals surface area contributed by atoms with Gasteiger partial charge in [-0.1, -0.05) is 88.8 Å². The smallest absolute Gasteiger partial charge is 0.301 e. The van der Waals surface area contributed by atoms with Gasteiger partial charge in [0.05, 0.1) is 18.7 Å². The van der Waals surface area contributed by atoms with E-state index in [9.17, 15) is 19.8 Å². The Balaban J connectivity index is 1.56. The second kappa shape index (κ2) is 10.9. The molecule has 8 nitrogen and oxygen atoms in total. The van der Waals surface area contributed by atoms with E-state index in [2.05, 4.69) is 10.2 Å². The number of nitrogens with zero attached hydrogens (tertiary/aromatic N) is 3. The molecule has 10 heteroatoms.